The molecule has 1 unspecified atom stereocenters. The van der Waals surface area contributed by atoms with Gasteiger partial charge < -0.3 is 9.64 Å². The van der Waals surface area contributed by atoms with Crippen LogP contribution in [0, 0.1) is 0 Å². The van der Waals surface area contributed by atoms with Crippen LogP contribution in [0.25, 0.3) is 6.08 Å². The number of nitrogens with zero attached hydrogens (tertiary/aromatic N) is 1. The number of carbonyl (C=O) groups is 1. The standard InChI is InChI=1S/C21H22ClNO2/c1-4-9-20(19-14-18(22)13-12-17(19)5-2)23(3)21(24)25-15-16-10-7-6-8-11-16/h4-8,10-14,20H,1-2,9,15H2,3H3. The van der Waals surface area contributed by atoms with Gasteiger partial charge in [-0.2, -0.15) is 0 Å². The Morgan fingerprint density at radius 3 is 2.60 bits per heavy atom. The highest BCUT2D eigenvalue weighted by molar-refractivity contribution is 6.30. The lowest BCUT2D eigenvalue weighted by Crippen LogP contribution is -2.32. The van der Waals surface area contributed by atoms with Gasteiger partial charge in [-0.3, -0.25) is 0 Å². The second-order valence-corrected chi connectivity index (χ2v) is 6.11. The second-order valence-electron chi connectivity index (χ2n) is 5.67. The molecule has 0 radical (unpaired) electrons. The molecule has 0 N–H and O–H groups in total. The first-order valence-corrected chi connectivity index (χ1v) is 8.41. The summed E-state index contributed by atoms with van der Waals surface area (Å²) in [4.78, 5) is 14.1. The Bertz CT molecular complexity index is 743. The van der Waals surface area contributed by atoms with Crippen molar-refractivity contribution in [3.05, 3.63) is 89.5 Å². The minimum atomic E-state index is -0.398. The Hall–Kier alpha value is -2.52. The highest BCUT2D eigenvalue weighted by atomic mass is 35.5. The predicted molar refractivity (Wildman–Crippen MR) is 103 cm³/mol. The van der Waals surface area contributed by atoms with E-state index < -0.39 is 6.09 Å². The molecule has 2 aromatic rings. The van der Waals surface area contributed by atoms with E-state index in [9.17, 15) is 4.79 Å². The number of hydrogen-bond donors (Lipinski definition) is 0. The number of carbonyl (C=O) groups excluding carboxylic acids is 1. The fourth-order valence-electron chi connectivity index (χ4n) is 2.62. The van der Waals surface area contributed by atoms with Crippen LogP contribution in [0.1, 0.15) is 29.2 Å². The van der Waals surface area contributed by atoms with Gasteiger partial charge in [0.1, 0.15) is 6.61 Å². The van der Waals surface area contributed by atoms with E-state index >= 15 is 0 Å². The van der Waals surface area contributed by atoms with Crippen molar-refractivity contribution in [2.24, 2.45) is 0 Å². The molecule has 0 aliphatic carbocycles. The van der Waals surface area contributed by atoms with Gasteiger partial charge in [0.2, 0.25) is 0 Å². The summed E-state index contributed by atoms with van der Waals surface area (Å²) in [7, 11) is 1.72. The fraction of sp³-hybridized carbons (Fsp3) is 0.190. The summed E-state index contributed by atoms with van der Waals surface area (Å²) in [5.41, 5.74) is 2.79. The average molecular weight is 356 g/mol. The summed E-state index contributed by atoms with van der Waals surface area (Å²) in [5.74, 6) is 0. The van der Waals surface area contributed by atoms with Crippen LogP contribution in [0.5, 0.6) is 0 Å². The van der Waals surface area contributed by atoms with E-state index in [2.05, 4.69) is 13.2 Å². The monoisotopic (exact) mass is 355 g/mol. The van der Waals surface area contributed by atoms with E-state index in [0.29, 0.717) is 11.4 Å². The molecule has 0 aliphatic heterocycles. The molecule has 0 saturated carbocycles. The van der Waals surface area contributed by atoms with Crippen molar-refractivity contribution in [1.82, 2.24) is 4.90 Å². The number of halogens is 1. The van der Waals surface area contributed by atoms with Crippen LogP contribution in [0.2, 0.25) is 5.02 Å². The molecule has 1 atom stereocenters. The van der Waals surface area contributed by atoms with Gasteiger partial charge >= 0.3 is 6.09 Å². The van der Waals surface area contributed by atoms with E-state index in [4.69, 9.17) is 16.3 Å². The zero-order valence-corrected chi connectivity index (χ0v) is 15.1. The first-order valence-electron chi connectivity index (χ1n) is 8.03. The van der Waals surface area contributed by atoms with Crippen molar-refractivity contribution < 1.29 is 9.53 Å². The van der Waals surface area contributed by atoms with Gasteiger partial charge in [-0.25, -0.2) is 4.79 Å². The van der Waals surface area contributed by atoms with Gasteiger partial charge in [0.05, 0.1) is 6.04 Å². The molecule has 130 valence electrons. The molecule has 3 nitrogen and oxygen atoms in total. The third-order valence-corrected chi connectivity index (χ3v) is 4.21. The number of ether oxygens (including phenoxy) is 1. The van der Waals surface area contributed by atoms with Crippen LogP contribution in [0.4, 0.5) is 4.79 Å². The quantitative estimate of drug-likeness (QED) is 0.581. The molecule has 25 heavy (non-hydrogen) atoms. The summed E-state index contributed by atoms with van der Waals surface area (Å²) < 4.78 is 5.44. The second kappa shape index (κ2) is 9.09. The maximum absolute atomic E-state index is 12.5. The zero-order valence-electron chi connectivity index (χ0n) is 14.3. The zero-order chi connectivity index (χ0) is 18.2. The summed E-state index contributed by atoms with van der Waals surface area (Å²) in [5, 5.41) is 0.612. The van der Waals surface area contributed by atoms with E-state index in [-0.39, 0.29) is 12.6 Å². The van der Waals surface area contributed by atoms with Gasteiger partial charge in [-0.1, -0.05) is 66.7 Å². The summed E-state index contributed by atoms with van der Waals surface area (Å²) >= 11 is 6.15. The first kappa shape index (κ1) is 18.8. The Kier molecular flexibility index (Phi) is 6.84. The van der Waals surface area contributed by atoms with Crippen molar-refractivity contribution in [2.75, 3.05) is 7.05 Å². The van der Waals surface area contributed by atoms with Crippen molar-refractivity contribution in [1.29, 1.82) is 0 Å². The predicted octanol–water partition coefficient (Wildman–Crippen LogP) is 5.87. The van der Waals surface area contributed by atoms with E-state index in [0.717, 1.165) is 16.7 Å². The van der Waals surface area contributed by atoms with E-state index in [1.807, 2.05) is 42.5 Å². The number of hydrogen-bond acceptors (Lipinski definition) is 2. The lowest BCUT2D eigenvalue weighted by molar-refractivity contribution is 0.0911. The van der Waals surface area contributed by atoms with Gasteiger partial charge in [-0.05, 0) is 35.2 Å². The van der Waals surface area contributed by atoms with Crippen LogP contribution in [0.15, 0.2) is 67.8 Å². The van der Waals surface area contributed by atoms with Gasteiger partial charge in [0.15, 0.2) is 0 Å². The van der Waals surface area contributed by atoms with Gasteiger partial charge in [-0.15, -0.1) is 6.58 Å². The summed E-state index contributed by atoms with van der Waals surface area (Å²) in [6.07, 6.45) is 3.72. The Morgan fingerprint density at radius 2 is 1.96 bits per heavy atom. The molecular weight excluding hydrogens is 334 g/mol. The number of amides is 1. The molecule has 2 rings (SSSR count). The largest absolute Gasteiger partial charge is 0.445 e. The fourth-order valence-corrected chi connectivity index (χ4v) is 2.80. The van der Waals surface area contributed by atoms with E-state index in [1.54, 1.807) is 30.2 Å². The van der Waals surface area contributed by atoms with Crippen LogP contribution >= 0.6 is 11.6 Å². The van der Waals surface area contributed by atoms with Crippen LogP contribution in [-0.2, 0) is 11.3 Å². The maximum Gasteiger partial charge on any atom is 0.410 e. The smallest absolute Gasteiger partial charge is 0.410 e. The third-order valence-electron chi connectivity index (χ3n) is 3.98. The number of benzene rings is 2. The molecule has 2 aromatic carbocycles. The molecule has 0 saturated heterocycles. The molecule has 4 heteroatoms. The minimum absolute atomic E-state index is 0.229. The Labute approximate surface area is 154 Å². The number of rotatable bonds is 7. The molecule has 0 fully saturated rings. The highest BCUT2D eigenvalue weighted by Crippen LogP contribution is 2.30. The molecule has 0 aromatic heterocycles. The maximum atomic E-state index is 12.5. The van der Waals surface area contributed by atoms with Crippen molar-refractivity contribution in [3.63, 3.8) is 0 Å². The van der Waals surface area contributed by atoms with Crippen molar-refractivity contribution in [2.45, 2.75) is 19.1 Å². The van der Waals surface area contributed by atoms with Crippen LogP contribution < -0.4 is 0 Å². The van der Waals surface area contributed by atoms with Gasteiger partial charge in [0.25, 0.3) is 0 Å². The topological polar surface area (TPSA) is 29.5 Å². The van der Waals surface area contributed by atoms with Crippen LogP contribution in [-0.4, -0.2) is 18.0 Å². The van der Waals surface area contributed by atoms with Gasteiger partial charge in [0, 0.05) is 12.1 Å². The summed E-state index contributed by atoms with van der Waals surface area (Å²) in [6.45, 7) is 7.87. The molecule has 1 amide bonds. The highest BCUT2D eigenvalue weighted by Gasteiger charge is 2.24. The lowest BCUT2D eigenvalue weighted by Gasteiger charge is -2.28. The molecule has 0 heterocycles. The molecule has 0 bridgehead atoms. The average Bonchev–Trinajstić information content (AvgIpc) is 2.64. The van der Waals surface area contributed by atoms with E-state index in [1.165, 1.54) is 0 Å². The first-order chi connectivity index (χ1) is 12.1. The Morgan fingerprint density at radius 1 is 1.24 bits per heavy atom. The van der Waals surface area contributed by atoms with Crippen molar-refractivity contribution >= 4 is 23.8 Å². The molecule has 0 spiro atoms. The lowest BCUT2D eigenvalue weighted by atomic mass is 9.97. The molecular formula is C21H22ClNO2. The normalized spacial score (nSPS) is 11.4. The molecule has 0 aliphatic rings. The Balaban J connectivity index is 2.18. The minimum Gasteiger partial charge on any atom is -0.445 e. The third kappa shape index (κ3) is 4.97. The van der Waals surface area contributed by atoms with Crippen LogP contribution in [0.3, 0.4) is 0 Å². The summed E-state index contributed by atoms with van der Waals surface area (Å²) in [6, 6.07) is 14.9. The van der Waals surface area contributed by atoms with Crippen molar-refractivity contribution in [3.8, 4) is 0 Å². The SMILES string of the molecule is C=CCC(c1cc(Cl)ccc1C=C)N(C)C(=O)OCc1ccccc1.